The van der Waals surface area contributed by atoms with Crippen molar-refractivity contribution in [1.29, 1.82) is 0 Å². The van der Waals surface area contributed by atoms with Crippen LogP contribution in [0.3, 0.4) is 0 Å². The van der Waals surface area contributed by atoms with Crippen molar-refractivity contribution in [1.82, 2.24) is 10.6 Å². The Morgan fingerprint density at radius 3 is 1.35 bits per heavy atom. The van der Waals surface area contributed by atoms with Gasteiger partial charge in [-0.15, -0.1) is 0 Å². The first-order valence-corrected chi connectivity index (χ1v) is 8.06. The molecule has 0 aliphatic rings. The van der Waals surface area contributed by atoms with Gasteiger partial charge in [0.15, 0.2) is 0 Å². The first-order chi connectivity index (χ1) is 12.5. The number of carboxylic acids is 2. The molecule has 136 valence electrons. The van der Waals surface area contributed by atoms with Crippen LogP contribution in [0, 0.1) is 0 Å². The molecule has 0 aromatic heterocycles. The zero-order chi connectivity index (χ0) is 18.9. The average Bonchev–Trinajstić information content (AvgIpc) is 2.62. The summed E-state index contributed by atoms with van der Waals surface area (Å²) in [6.45, 7) is 0. The Morgan fingerprint density at radius 1 is 0.692 bits per heavy atom. The Balaban J connectivity index is 1.98. The zero-order valence-electron chi connectivity index (χ0n) is 14.0. The molecule has 26 heavy (non-hydrogen) atoms. The number of benzene rings is 2. The summed E-state index contributed by atoms with van der Waals surface area (Å²) >= 11 is 0. The fraction of sp³-hybridized carbons (Fsp3) is 0.211. The maximum atomic E-state index is 12.1. The van der Waals surface area contributed by atoms with Gasteiger partial charge >= 0.3 is 18.0 Å². The minimum atomic E-state index is -1.20. The van der Waals surface area contributed by atoms with Gasteiger partial charge in [-0.3, -0.25) is 0 Å². The first kappa shape index (κ1) is 19.0. The molecule has 0 aliphatic carbocycles. The molecular weight excluding hydrogens is 336 g/mol. The number of carbonyl (C=O) groups excluding carboxylic acids is 1. The number of carboxylic acid groups (broad SMARTS) is 2. The first-order valence-electron chi connectivity index (χ1n) is 8.06. The van der Waals surface area contributed by atoms with E-state index in [9.17, 15) is 24.6 Å². The summed E-state index contributed by atoms with van der Waals surface area (Å²) in [5.74, 6) is -2.39. The van der Waals surface area contributed by atoms with Gasteiger partial charge in [0.05, 0.1) is 0 Å². The van der Waals surface area contributed by atoms with Crippen molar-refractivity contribution in [2.24, 2.45) is 0 Å². The number of hydrogen-bond donors (Lipinski definition) is 4. The molecule has 0 saturated carbocycles. The summed E-state index contributed by atoms with van der Waals surface area (Å²) in [7, 11) is 0. The van der Waals surface area contributed by atoms with Crippen LogP contribution in [-0.4, -0.2) is 40.3 Å². The van der Waals surface area contributed by atoms with Crippen molar-refractivity contribution >= 4 is 18.0 Å². The van der Waals surface area contributed by atoms with Crippen molar-refractivity contribution in [3.8, 4) is 0 Å². The highest BCUT2D eigenvalue weighted by molar-refractivity contribution is 5.86. The van der Waals surface area contributed by atoms with Gasteiger partial charge in [-0.05, 0) is 11.1 Å². The molecule has 2 aromatic rings. The number of amides is 2. The van der Waals surface area contributed by atoms with Crippen LogP contribution in [0.4, 0.5) is 4.79 Å². The van der Waals surface area contributed by atoms with Crippen molar-refractivity contribution in [3.63, 3.8) is 0 Å². The third-order valence-electron chi connectivity index (χ3n) is 3.77. The van der Waals surface area contributed by atoms with Crippen molar-refractivity contribution in [2.75, 3.05) is 0 Å². The third kappa shape index (κ3) is 5.94. The van der Waals surface area contributed by atoms with Crippen LogP contribution in [-0.2, 0) is 22.4 Å². The monoisotopic (exact) mass is 356 g/mol. The summed E-state index contributed by atoms with van der Waals surface area (Å²) in [6, 6.07) is 14.6. The summed E-state index contributed by atoms with van der Waals surface area (Å²) in [6.07, 6.45) is 0.194. The van der Waals surface area contributed by atoms with Crippen LogP contribution >= 0.6 is 0 Å². The molecule has 2 aromatic carbocycles. The quantitative estimate of drug-likeness (QED) is 0.574. The van der Waals surface area contributed by atoms with E-state index >= 15 is 0 Å². The van der Waals surface area contributed by atoms with Gasteiger partial charge in [-0.2, -0.15) is 0 Å². The highest BCUT2D eigenvalue weighted by Crippen LogP contribution is 2.05. The largest absolute Gasteiger partial charge is 0.480 e. The second-order valence-corrected chi connectivity index (χ2v) is 5.78. The molecule has 0 unspecified atom stereocenters. The second kappa shape index (κ2) is 9.22. The van der Waals surface area contributed by atoms with Crippen LogP contribution in [0.2, 0.25) is 0 Å². The summed E-state index contributed by atoms with van der Waals surface area (Å²) in [5, 5.41) is 23.3. The smallest absolute Gasteiger partial charge is 0.326 e. The number of aliphatic carboxylic acids is 2. The van der Waals surface area contributed by atoms with Gasteiger partial charge in [0.1, 0.15) is 12.1 Å². The lowest BCUT2D eigenvalue weighted by Gasteiger charge is -2.19. The Hall–Kier alpha value is -3.35. The summed E-state index contributed by atoms with van der Waals surface area (Å²) in [5.41, 5.74) is 1.50. The van der Waals surface area contributed by atoms with Crippen molar-refractivity contribution in [3.05, 3.63) is 71.8 Å². The number of nitrogens with one attached hydrogen (secondary N) is 2. The van der Waals surface area contributed by atoms with E-state index in [1.807, 2.05) is 0 Å². The Morgan fingerprint density at radius 2 is 1.04 bits per heavy atom. The van der Waals surface area contributed by atoms with Crippen LogP contribution in [0.15, 0.2) is 60.7 Å². The van der Waals surface area contributed by atoms with Crippen LogP contribution in [0.5, 0.6) is 0 Å². The Kier molecular flexibility index (Phi) is 6.73. The number of rotatable bonds is 8. The number of carbonyl (C=O) groups is 3. The van der Waals surface area contributed by atoms with Crippen molar-refractivity contribution in [2.45, 2.75) is 24.9 Å². The van der Waals surface area contributed by atoms with Crippen molar-refractivity contribution < 1.29 is 24.6 Å². The van der Waals surface area contributed by atoms with E-state index < -0.39 is 30.1 Å². The molecule has 2 atom stereocenters. The lowest BCUT2D eigenvalue weighted by molar-refractivity contribution is -0.139. The highest BCUT2D eigenvalue weighted by atomic mass is 16.4. The minimum absolute atomic E-state index is 0.0972. The van der Waals surface area contributed by atoms with Gasteiger partial charge in [0.25, 0.3) is 0 Å². The maximum Gasteiger partial charge on any atom is 0.326 e. The van der Waals surface area contributed by atoms with Gasteiger partial charge < -0.3 is 20.8 Å². The Labute approximate surface area is 150 Å². The SMILES string of the molecule is O=C(N[C@@H](Cc1ccccc1)C(=O)O)N[C@@H](Cc1ccccc1)C(=O)O. The molecule has 2 amide bonds. The molecule has 0 saturated heterocycles. The third-order valence-corrected chi connectivity index (χ3v) is 3.77. The molecule has 2 rings (SSSR count). The van der Waals surface area contributed by atoms with E-state index in [1.165, 1.54) is 0 Å². The molecule has 0 bridgehead atoms. The normalized spacial score (nSPS) is 12.6. The number of hydrogen-bond acceptors (Lipinski definition) is 3. The fourth-order valence-electron chi connectivity index (χ4n) is 2.46. The van der Waals surface area contributed by atoms with E-state index in [0.717, 1.165) is 11.1 Å². The standard InChI is InChI=1S/C19H20N2O5/c22-17(23)15(11-13-7-3-1-4-8-13)20-19(26)21-16(18(24)25)12-14-9-5-2-6-10-14/h1-10,15-16H,11-12H2,(H,22,23)(H,24,25)(H2,20,21,26)/t15-,16-/m0/s1. The van der Waals surface area contributed by atoms with Gasteiger partial charge in [-0.25, -0.2) is 14.4 Å². The molecule has 0 aliphatic heterocycles. The van der Waals surface area contributed by atoms with E-state index in [4.69, 9.17) is 0 Å². The molecule has 7 nitrogen and oxygen atoms in total. The molecule has 4 N–H and O–H groups in total. The molecule has 0 radical (unpaired) electrons. The highest BCUT2D eigenvalue weighted by Gasteiger charge is 2.24. The predicted molar refractivity (Wildman–Crippen MR) is 94.8 cm³/mol. The topological polar surface area (TPSA) is 116 Å². The zero-order valence-corrected chi connectivity index (χ0v) is 14.0. The summed E-state index contributed by atoms with van der Waals surface area (Å²) < 4.78 is 0. The van der Waals surface area contributed by atoms with E-state index in [2.05, 4.69) is 10.6 Å². The van der Waals surface area contributed by atoms with E-state index in [-0.39, 0.29) is 12.8 Å². The lowest BCUT2D eigenvalue weighted by atomic mass is 10.1. The Bertz CT molecular complexity index is 686. The van der Waals surface area contributed by atoms with E-state index in [1.54, 1.807) is 60.7 Å². The van der Waals surface area contributed by atoms with Crippen LogP contribution < -0.4 is 10.6 Å². The molecule has 0 heterocycles. The lowest BCUT2D eigenvalue weighted by Crippen LogP contribution is -2.52. The average molecular weight is 356 g/mol. The minimum Gasteiger partial charge on any atom is -0.480 e. The second-order valence-electron chi connectivity index (χ2n) is 5.78. The van der Waals surface area contributed by atoms with Crippen LogP contribution in [0.25, 0.3) is 0 Å². The molecule has 7 heteroatoms. The van der Waals surface area contributed by atoms with Gasteiger partial charge in [0, 0.05) is 12.8 Å². The fourth-order valence-corrected chi connectivity index (χ4v) is 2.46. The number of urea groups is 1. The summed E-state index contributed by atoms with van der Waals surface area (Å²) in [4.78, 5) is 34.9. The van der Waals surface area contributed by atoms with E-state index in [0.29, 0.717) is 0 Å². The predicted octanol–water partition coefficient (Wildman–Crippen LogP) is 1.68. The molecular formula is C19H20N2O5. The maximum absolute atomic E-state index is 12.1. The van der Waals surface area contributed by atoms with Gasteiger partial charge in [0.2, 0.25) is 0 Å². The van der Waals surface area contributed by atoms with Gasteiger partial charge in [-0.1, -0.05) is 60.7 Å². The molecule has 0 fully saturated rings. The molecule has 0 spiro atoms. The van der Waals surface area contributed by atoms with Crippen LogP contribution in [0.1, 0.15) is 11.1 Å².